The van der Waals surface area contributed by atoms with E-state index in [0.29, 0.717) is 0 Å². The van der Waals surface area contributed by atoms with E-state index in [9.17, 15) is 4.79 Å². The number of carbonyl (C=O) groups is 1. The van der Waals surface area contributed by atoms with Crippen LogP contribution >= 0.6 is 0 Å². The van der Waals surface area contributed by atoms with E-state index in [1.165, 1.54) is 0 Å². The fourth-order valence-electron chi connectivity index (χ4n) is 0.660. The molecule has 0 aromatic heterocycles. The molecule has 0 radical (unpaired) electrons. The summed E-state index contributed by atoms with van der Waals surface area (Å²) in [6.07, 6.45) is 1.81. The second kappa shape index (κ2) is 1.62. The summed E-state index contributed by atoms with van der Waals surface area (Å²) in [6.45, 7) is 3.69. The van der Waals surface area contributed by atoms with Gasteiger partial charge in [0.2, 0.25) is 0 Å². The minimum absolute atomic E-state index is 0.0139. The van der Waals surface area contributed by atoms with Crippen molar-refractivity contribution in [1.29, 1.82) is 0 Å². The largest absolute Gasteiger partial charge is 0.430 e. The molecule has 0 unspecified atom stereocenters. The number of allylic oxidation sites excluding steroid dienone is 1. The summed E-state index contributed by atoms with van der Waals surface area (Å²) in [5, 5.41) is 0. The van der Waals surface area contributed by atoms with Crippen LogP contribution in [0.1, 0.15) is 13.8 Å². The van der Waals surface area contributed by atoms with Gasteiger partial charge in [-0.05, 0) is 19.9 Å². The van der Waals surface area contributed by atoms with Crippen molar-refractivity contribution >= 4 is 5.97 Å². The number of ether oxygens (including phenoxy) is 1. The van der Waals surface area contributed by atoms with Gasteiger partial charge in [0, 0.05) is 0 Å². The van der Waals surface area contributed by atoms with Crippen LogP contribution in [0.15, 0.2) is 11.8 Å². The molecular formula is C6H8O2. The predicted octanol–water partition coefficient (Wildman–Crippen LogP) is 1.08. The zero-order valence-corrected chi connectivity index (χ0v) is 4.97. The fraction of sp³-hybridized carbons (Fsp3) is 0.500. The summed E-state index contributed by atoms with van der Waals surface area (Å²) >= 11 is 0. The molecule has 1 aliphatic rings. The SMILES string of the molecule is C/C=C1/OC(=O)[C@@H]1C. The van der Waals surface area contributed by atoms with Crippen molar-refractivity contribution in [3.8, 4) is 0 Å². The van der Waals surface area contributed by atoms with Crippen LogP contribution in [0.5, 0.6) is 0 Å². The Morgan fingerprint density at radius 1 is 1.75 bits per heavy atom. The molecule has 1 heterocycles. The number of cyclic esters (lactones) is 1. The third-order valence-corrected chi connectivity index (χ3v) is 1.28. The minimum Gasteiger partial charge on any atom is -0.430 e. The van der Waals surface area contributed by atoms with Crippen molar-refractivity contribution in [2.24, 2.45) is 5.92 Å². The second-order valence-electron chi connectivity index (χ2n) is 1.83. The minimum atomic E-state index is -0.113. The highest BCUT2D eigenvalue weighted by Crippen LogP contribution is 2.24. The van der Waals surface area contributed by atoms with Crippen LogP contribution in [0.4, 0.5) is 0 Å². The van der Waals surface area contributed by atoms with Crippen molar-refractivity contribution in [3.05, 3.63) is 11.8 Å². The van der Waals surface area contributed by atoms with Gasteiger partial charge < -0.3 is 4.74 Å². The molecule has 0 amide bonds. The molecule has 44 valence electrons. The molecule has 0 aromatic carbocycles. The molecular weight excluding hydrogens is 104 g/mol. The lowest BCUT2D eigenvalue weighted by atomic mass is 10.1. The third-order valence-electron chi connectivity index (χ3n) is 1.28. The van der Waals surface area contributed by atoms with Crippen LogP contribution in [-0.4, -0.2) is 5.97 Å². The van der Waals surface area contributed by atoms with Gasteiger partial charge in [0.05, 0.1) is 0 Å². The van der Waals surface area contributed by atoms with Crippen molar-refractivity contribution in [2.75, 3.05) is 0 Å². The number of esters is 1. The van der Waals surface area contributed by atoms with Gasteiger partial charge in [-0.3, -0.25) is 4.79 Å². The van der Waals surface area contributed by atoms with E-state index in [0.717, 1.165) is 5.76 Å². The van der Waals surface area contributed by atoms with Crippen LogP contribution in [0.25, 0.3) is 0 Å². The Morgan fingerprint density at radius 2 is 2.38 bits per heavy atom. The summed E-state index contributed by atoms with van der Waals surface area (Å²) in [7, 11) is 0. The smallest absolute Gasteiger partial charge is 0.321 e. The lowest BCUT2D eigenvalue weighted by molar-refractivity contribution is -0.155. The summed E-state index contributed by atoms with van der Waals surface area (Å²) < 4.78 is 4.62. The van der Waals surface area contributed by atoms with Crippen LogP contribution in [0, 0.1) is 5.92 Å². The molecule has 2 nitrogen and oxygen atoms in total. The maximum absolute atomic E-state index is 10.3. The third kappa shape index (κ3) is 0.529. The standard InChI is InChI=1S/C6H8O2/c1-3-5-4(2)6(7)8-5/h3-4H,1-2H3/b5-3+/t4-/m1/s1. The number of carbonyl (C=O) groups excluding carboxylic acids is 1. The molecule has 0 bridgehead atoms. The monoisotopic (exact) mass is 112 g/mol. The van der Waals surface area contributed by atoms with E-state index in [1.54, 1.807) is 0 Å². The fourth-order valence-corrected chi connectivity index (χ4v) is 0.660. The van der Waals surface area contributed by atoms with Gasteiger partial charge in [-0.25, -0.2) is 0 Å². The molecule has 0 aliphatic carbocycles. The zero-order valence-electron chi connectivity index (χ0n) is 4.97. The normalized spacial score (nSPS) is 32.0. The Balaban J connectivity index is 2.60. The van der Waals surface area contributed by atoms with E-state index >= 15 is 0 Å². The van der Waals surface area contributed by atoms with Gasteiger partial charge >= 0.3 is 5.97 Å². The molecule has 0 spiro atoms. The van der Waals surface area contributed by atoms with Crippen LogP contribution in [-0.2, 0) is 9.53 Å². The molecule has 0 saturated carbocycles. The summed E-state index contributed by atoms with van der Waals surface area (Å²) in [5.74, 6) is 0.702. The van der Waals surface area contributed by atoms with Crippen molar-refractivity contribution < 1.29 is 9.53 Å². The molecule has 1 aliphatic heterocycles. The first-order valence-electron chi connectivity index (χ1n) is 2.63. The molecule has 0 aromatic rings. The van der Waals surface area contributed by atoms with Crippen LogP contribution in [0.3, 0.4) is 0 Å². The van der Waals surface area contributed by atoms with Gasteiger partial charge in [0.25, 0.3) is 0 Å². The first-order valence-corrected chi connectivity index (χ1v) is 2.63. The summed E-state index contributed by atoms with van der Waals surface area (Å²) in [6, 6.07) is 0. The van der Waals surface area contributed by atoms with E-state index in [4.69, 9.17) is 0 Å². The van der Waals surface area contributed by atoms with Crippen LogP contribution in [0.2, 0.25) is 0 Å². The molecule has 1 rings (SSSR count). The first kappa shape index (κ1) is 5.35. The Hall–Kier alpha value is -0.790. The van der Waals surface area contributed by atoms with E-state index in [-0.39, 0.29) is 11.9 Å². The topological polar surface area (TPSA) is 26.3 Å². The highest BCUT2D eigenvalue weighted by Gasteiger charge is 2.31. The van der Waals surface area contributed by atoms with Gasteiger partial charge in [-0.15, -0.1) is 0 Å². The highest BCUT2D eigenvalue weighted by molar-refractivity contribution is 5.82. The molecule has 8 heavy (non-hydrogen) atoms. The maximum atomic E-state index is 10.3. The van der Waals surface area contributed by atoms with Gasteiger partial charge in [-0.2, -0.15) is 0 Å². The van der Waals surface area contributed by atoms with Gasteiger partial charge in [-0.1, -0.05) is 0 Å². The lowest BCUT2D eigenvalue weighted by Crippen LogP contribution is -2.29. The predicted molar refractivity (Wildman–Crippen MR) is 29.0 cm³/mol. The Labute approximate surface area is 48.1 Å². The van der Waals surface area contributed by atoms with Crippen molar-refractivity contribution in [2.45, 2.75) is 13.8 Å². The van der Waals surface area contributed by atoms with Crippen molar-refractivity contribution in [1.82, 2.24) is 0 Å². The van der Waals surface area contributed by atoms with Gasteiger partial charge in [0.15, 0.2) is 0 Å². The summed E-state index contributed by atoms with van der Waals surface area (Å²) in [5.41, 5.74) is 0. The second-order valence-corrected chi connectivity index (χ2v) is 1.83. The average Bonchev–Trinajstić information content (AvgIpc) is 1.81. The van der Waals surface area contributed by atoms with E-state index in [1.807, 2.05) is 19.9 Å². The molecule has 1 saturated heterocycles. The van der Waals surface area contributed by atoms with Crippen LogP contribution < -0.4 is 0 Å². The number of rotatable bonds is 0. The Bertz CT molecular complexity index is 147. The Morgan fingerprint density at radius 3 is 2.50 bits per heavy atom. The number of hydrogen-bond donors (Lipinski definition) is 0. The Kier molecular flexibility index (Phi) is 1.08. The maximum Gasteiger partial charge on any atom is 0.321 e. The molecule has 1 atom stereocenters. The number of hydrogen-bond acceptors (Lipinski definition) is 2. The average molecular weight is 112 g/mol. The molecule has 0 N–H and O–H groups in total. The lowest BCUT2D eigenvalue weighted by Gasteiger charge is -2.23. The molecule has 2 heteroatoms. The van der Waals surface area contributed by atoms with Crippen molar-refractivity contribution in [3.63, 3.8) is 0 Å². The zero-order chi connectivity index (χ0) is 6.15. The van der Waals surface area contributed by atoms with Gasteiger partial charge in [0.1, 0.15) is 11.7 Å². The summed E-state index contributed by atoms with van der Waals surface area (Å²) in [4.78, 5) is 10.3. The van der Waals surface area contributed by atoms with E-state index < -0.39 is 0 Å². The van der Waals surface area contributed by atoms with E-state index in [2.05, 4.69) is 4.74 Å². The quantitative estimate of drug-likeness (QED) is 0.438. The first-order chi connectivity index (χ1) is 3.75. The molecule has 1 fully saturated rings. The highest BCUT2D eigenvalue weighted by atomic mass is 16.6.